The van der Waals surface area contributed by atoms with Gasteiger partial charge in [0.1, 0.15) is 28.8 Å². The Morgan fingerprint density at radius 2 is 1.85 bits per heavy atom. The number of benzene rings is 2. The molecule has 1 fully saturated rings. The summed E-state index contributed by atoms with van der Waals surface area (Å²) in [5.74, 6) is -2.48. The summed E-state index contributed by atoms with van der Waals surface area (Å²) in [7, 11) is 2.95. The summed E-state index contributed by atoms with van der Waals surface area (Å²) in [5.41, 5.74) is -0.0541. The first-order chi connectivity index (χ1) is 12.9. The predicted molar refractivity (Wildman–Crippen MR) is 95.0 cm³/mol. The first-order valence-corrected chi connectivity index (χ1v) is 8.22. The molecule has 1 heterocycles. The number of nitrogens with zero attached hydrogens (tertiary/aromatic N) is 1. The fourth-order valence-electron chi connectivity index (χ4n) is 2.99. The van der Waals surface area contributed by atoms with Gasteiger partial charge in [0.05, 0.1) is 25.8 Å². The third-order valence-electron chi connectivity index (χ3n) is 4.37. The summed E-state index contributed by atoms with van der Waals surface area (Å²) in [6, 6.07) is 8.25. The van der Waals surface area contributed by atoms with Crippen LogP contribution in [0.3, 0.4) is 0 Å². The van der Waals surface area contributed by atoms with Crippen molar-refractivity contribution in [2.75, 3.05) is 31.0 Å². The number of nitrogens with one attached hydrogen (secondary N) is 1. The highest BCUT2D eigenvalue weighted by Crippen LogP contribution is 2.32. The second-order valence-electron chi connectivity index (χ2n) is 6.03. The van der Waals surface area contributed by atoms with E-state index in [2.05, 4.69) is 5.32 Å². The van der Waals surface area contributed by atoms with E-state index in [-0.39, 0.29) is 13.0 Å². The molecule has 0 radical (unpaired) electrons. The smallest absolute Gasteiger partial charge is 0.229 e. The minimum Gasteiger partial charge on any atom is -0.497 e. The first-order valence-electron chi connectivity index (χ1n) is 8.22. The zero-order valence-corrected chi connectivity index (χ0v) is 14.8. The zero-order chi connectivity index (χ0) is 19.6. The van der Waals surface area contributed by atoms with Gasteiger partial charge in [0, 0.05) is 19.0 Å². The largest absolute Gasteiger partial charge is 0.497 e. The van der Waals surface area contributed by atoms with Crippen LogP contribution >= 0.6 is 0 Å². The molecular weight excluding hydrogens is 358 g/mol. The molecule has 0 bridgehead atoms. The molecular formula is C19H18F2N2O4. The fourth-order valence-corrected chi connectivity index (χ4v) is 2.99. The van der Waals surface area contributed by atoms with Crippen LogP contribution in [0, 0.1) is 17.6 Å². The highest BCUT2D eigenvalue weighted by atomic mass is 19.1. The quantitative estimate of drug-likeness (QED) is 0.871. The molecule has 1 saturated heterocycles. The number of rotatable bonds is 5. The SMILES string of the molecule is COc1ccc(OC)c(NC(=O)C2CC(=O)N(c3c(F)cccc3F)C2)c1. The maximum Gasteiger partial charge on any atom is 0.229 e. The average molecular weight is 376 g/mol. The van der Waals surface area contributed by atoms with Gasteiger partial charge in [0.15, 0.2) is 0 Å². The number of ether oxygens (including phenoxy) is 2. The van der Waals surface area contributed by atoms with Crippen molar-refractivity contribution < 1.29 is 27.8 Å². The summed E-state index contributed by atoms with van der Waals surface area (Å²) >= 11 is 0. The van der Waals surface area contributed by atoms with Gasteiger partial charge in [-0.2, -0.15) is 0 Å². The molecule has 3 rings (SSSR count). The monoisotopic (exact) mass is 376 g/mol. The van der Waals surface area contributed by atoms with E-state index < -0.39 is 35.1 Å². The van der Waals surface area contributed by atoms with E-state index in [1.165, 1.54) is 20.3 Å². The number of halogens is 2. The van der Waals surface area contributed by atoms with Crippen LogP contribution in [0.2, 0.25) is 0 Å². The summed E-state index contributed by atoms with van der Waals surface area (Å²) < 4.78 is 38.3. The van der Waals surface area contributed by atoms with Gasteiger partial charge in [0.25, 0.3) is 0 Å². The second-order valence-corrected chi connectivity index (χ2v) is 6.03. The maximum atomic E-state index is 14.0. The van der Waals surface area contributed by atoms with E-state index in [9.17, 15) is 18.4 Å². The van der Waals surface area contributed by atoms with Crippen LogP contribution in [0.1, 0.15) is 6.42 Å². The number of carbonyl (C=O) groups excluding carboxylic acids is 2. The molecule has 1 atom stereocenters. The van der Waals surface area contributed by atoms with Gasteiger partial charge in [-0.15, -0.1) is 0 Å². The summed E-state index contributed by atoms with van der Waals surface area (Å²) in [6.45, 7) is -0.116. The Kier molecular flexibility index (Phi) is 5.25. The molecule has 142 valence electrons. The third-order valence-corrected chi connectivity index (χ3v) is 4.37. The Morgan fingerprint density at radius 1 is 1.15 bits per heavy atom. The predicted octanol–water partition coefficient (Wildman–Crippen LogP) is 2.97. The molecule has 2 aromatic carbocycles. The van der Waals surface area contributed by atoms with Crippen molar-refractivity contribution >= 4 is 23.2 Å². The minimum atomic E-state index is -0.848. The molecule has 8 heteroatoms. The molecule has 0 spiro atoms. The Balaban J connectivity index is 1.79. The lowest BCUT2D eigenvalue weighted by molar-refractivity contribution is -0.122. The van der Waals surface area contributed by atoms with Gasteiger partial charge in [-0.3, -0.25) is 9.59 Å². The molecule has 0 aromatic heterocycles. The van der Waals surface area contributed by atoms with Crippen molar-refractivity contribution in [2.24, 2.45) is 5.92 Å². The van der Waals surface area contributed by atoms with Crippen LogP contribution < -0.4 is 19.7 Å². The van der Waals surface area contributed by atoms with E-state index in [0.717, 1.165) is 17.0 Å². The highest BCUT2D eigenvalue weighted by molar-refractivity contribution is 6.04. The van der Waals surface area contributed by atoms with E-state index in [1.807, 2.05) is 0 Å². The Labute approximate surface area is 154 Å². The number of para-hydroxylation sites is 1. The summed E-state index contributed by atoms with van der Waals surface area (Å²) in [4.78, 5) is 25.8. The highest BCUT2D eigenvalue weighted by Gasteiger charge is 2.37. The lowest BCUT2D eigenvalue weighted by atomic mass is 10.1. The molecule has 2 amide bonds. The summed E-state index contributed by atoms with van der Waals surface area (Å²) in [6.07, 6.45) is -0.147. The molecule has 1 aliphatic rings. The molecule has 1 aliphatic heterocycles. The average Bonchev–Trinajstić information content (AvgIpc) is 3.03. The molecule has 0 saturated carbocycles. The Hall–Kier alpha value is -3.16. The second kappa shape index (κ2) is 7.61. The molecule has 0 aliphatic carbocycles. The minimum absolute atomic E-state index is 0.116. The standard InChI is InChI=1S/C19H18F2N2O4/c1-26-12-6-7-16(27-2)15(9-12)22-19(25)11-8-17(24)23(10-11)18-13(20)4-3-5-14(18)21/h3-7,9,11H,8,10H2,1-2H3,(H,22,25). The third kappa shape index (κ3) is 3.69. The van der Waals surface area contributed by atoms with Gasteiger partial charge in [-0.1, -0.05) is 6.07 Å². The molecule has 2 aromatic rings. The van der Waals surface area contributed by atoms with Crippen molar-refractivity contribution in [1.82, 2.24) is 0 Å². The van der Waals surface area contributed by atoms with Gasteiger partial charge >= 0.3 is 0 Å². The number of methoxy groups -OCH3 is 2. The van der Waals surface area contributed by atoms with Crippen molar-refractivity contribution in [3.63, 3.8) is 0 Å². The summed E-state index contributed by atoms with van der Waals surface area (Å²) in [5, 5.41) is 2.69. The zero-order valence-electron chi connectivity index (χ0n) is 14.8. The topological polar surface area (TPSA) is 67.9 Å². The van der Waals surface area contributed by atoms with Gasteiger partial charge in [0.2, 0.25) is 11.8 Å². The van der Waals surface area contributed by atoms with Gasteiger partial charge in [-0.25, -0.2) is 8.78 Å². The molecule has 1 unspecified atom stereocenters. The van der Waals surface area contributed by atoms with Crippen molar-refractivity contribution in [2.45, 2.75) is 6.42 Å². The van der Waals surface area contributed by atoms with Crippen LogP contribution in [0.25, 0.3) is 0 Å². The Morgan fingerprint density at radius 3 is 2.48 bits per heavy atom. The van der Waals surface area contributed by atoms with Gasteiger partial charge < -0.3 is 19.7 Å². The van der Waals surface area contributed by atoms with Gasteiger partial charge in [-0.05, 0) is 24.3 Å². The van der Waals surface area contributed by atoms with Crippen LogP contribution in [0.15, 0.2) is 36.4 Å². The van der Waals surface area contributed by atoms with Crippen molar-refractivity contribution in [1.29, 1.82) is 0 Å². The maximum absolute atomic E-state index is 14.0. The normalized spacial score (nSPS) is 16.4. The molecule has 1 N–H and O–H groups in total. The lowest BCUT2D eigenvalue weighted by Gasteiger charge is -2.18. The number of carbonyl (C=O) groups is 2. The van der Waals surface area contributed by atoms with Crippen LogP contribution in [0.4, 0.5) is 20.2 Å². The lowest BCUT2D eigenvalue weighted by Crippen LogP contribution is -2.29. The number of anilines is 2. The number of amides is 2. The van der Waals surface area contributed by atoms with Crippen LogP contribution in [-0.4, -0.2) is 32.6 Å². The van der Waals surface area contributed by atoms with Crippen molar-refractivity contribution in [3.8, 4) is 11.5 Å². The van der Waals surface area contributed by atoms with E-state index >= 15 is 0 Å². The molecule has 6 nitrogen and oxygen atoms in total. The fraction of sp³-hybridized carbons (Fsp3) is 0.263. The van der Waals surface area contributed by atoms with Crippen LogP contribution in [-0.2, 0) is 9.59 Å². The van der Waals surface area contributed by atoms with E-state index in [4.69, 9.17) is 9.47 Å². The van der Waals surface area contributed by atoms with Crippen molar-refractivity contribution in [3.05, 3.63) is 48.0 Å². The van der Waals surface area contributed by atoms with Crippen LogP contribution in [0.5, 0.6) is 11.5 Å². The number of hydrogen-bond donors (Lipinski definition) is 1. The Bertz CT molecular complexity index is 868. The molecule has 27 heavy (non-hydrogen) atoms. The first kappa shape index (κ1) is 18.6. The number of hydrogen-bond acceptors (Lipinski definition) is 4. The van der Waals surface area contributed by atoms with E-state index in [0.29, 0.717) is 17.2 Å². The van der Waals surface area contributed by atoms with E-state index in [1.54, 1.807) is 18.2 Å².